The van der Waals surface area contributed by atoms with Gasteiger partial charge in [0.2, 0.25) is 0 Å². The summed E-state index contributed by atoms with van der Waals surface area (Å²) in [4.78, 5) is 0. The number of thioether (sulfide) groups is 1. The van der Waals surface area contributed by atoms with Crippen LogP contribution in [-0.2, 0) is 16.4 Å². The number of aromatic nitrogens is 3. The van der Waals surface area contributed by atoms with E-state index in [9.17, 15) is 8.42 Å². The van der Waals surface area contributed by atoms with Crippen molar-refractivity contribution in [3.05, 3.63) is 30.0 Å². The van der Waals surface area contributed by atoms with E-state index in [1.165, 1.54) is 18.0 Å². The Morgan fingerprint density at radius 2 is 2.24 bits per heavy atom. The van der Waals surface area contributed by atoms with Gasteiger partial charge in [-0.3, -0.25) is 4.57 Å². The molecule has 0 saturated heterocycles. The Morgan fingerprint density at radius 1 is 1.43 bits per heavy atom. The van der Waals surface area contributed by atoms with E-state index in [0.29, 0.717) is 18.2 Å². The molecule has 114 valence electrons. The number of furan rings is 1. The lowest BCUT2D eigenvalue weighted by molar-refractivity contribution is 0.478. The first-order valence-corrected chi connectivity index (χ1v) is 9.83. The summed E-state index contributed by atoms with van der Waals surface area (Å²) in [5.41, 5.74) is 0. The maximum atomic E-state index is 11.2. The number of rotatable bonds is 7. The summed E-state index contributed by atoms with van der Waals surface area (Å²) in [6.45, 7) is 0.590. The molecule has 21 heavy (non-hydrogen) atoms. The van der Waals surface area contributed by atoms with Gasteiger partial charge in [-0.15, -0.1) is 10.2 Å². The molecule has 2 heterocycles. The Labute approximate surface area is 127 Å². The predicted molar refractivity (Wildman–Crippen MR) is 80.2 cm³/mol. The molecule has 1 saturated carbocycles. The third-order valence-electron chi connectivity index (χ3n) is 3.27. The highest BCUT2D eigenvalue weighted by Gasteiger charge is 2.30. The number of hydrogen-bond donors (Lipinski definition) is 0. The van der Waals surface area contributed by atoms with Gasteiger partial charge in [-0.1, -0.05) is 11.8 Å². The van der Waals surface area contributed by atoms with Gasteiger partial charge in [-0.05, 0) is 25.0 Å². The zero-order valence-electron chi connectivity index (χ0n) is 11.7. The highest BCUT2D eigenvalue weighted by molar-refractivity contribution is 8.00. The van der Waals surface area contributed by atoms with E-state index in [1.54, 1.807) is 6.26 Å². The number of nitrogens with zero attached hydrogens (tertiary/aromatic N) is 3. The van der Waals surface area contributed by atoms with Crippen molar-refractivity contribution in [2.24, 2.45) is 0 Å². The molecule has 0 spiro atoms. The molecule has 1 fully saturated rings. The molecule has 0 amide bonds. The molecule has 0 radical (unpaired) electrons. The molecule has 6 nitrogen and oxygen atoms in total. The smallest absolute Gasteiger partial charge is 0.191 e. The maximum Gasteiger partial charge on any atom is 0.191 e. The lowest BCUT2D eigenvalue weighted by Gasteiger charge is -2.07. The van der Waals surface area contributed by atoms with Crippen LogP contribution in [0.4, 0.5) is 0 Å². The molecular formula is C13H17N3O3S2. The van der Waals surface area contributed by atoms with E-state index >= 15 is 0 Å². The fraction of sp³-hybridized carbons (Fsp3) is 0.538. The standard InChI is InChI=1S/C13H17N3O3S2/c1-21(17,18)8-7-20-13-15-14-12(10-4-5-10)16(13)9-11-3-2-6-19-11/h2-3,6,10H,4-5,7-9H2,1H3. The van der Waals surface area contributed by atoms with E-state index in [-0.39, 0.29) is 5.75 Å². The second-order valence-corrected chi connectivity index (χ2v) is 8.58. The fourth-order valence-corrected chi connectivity index (χ4v) is 4.18. The fourth-order valence-electron chi connectivity index (χ4n) is 2.04. The van der Waals surface area contributed by atoms with Crippen molar-refractivity contribution in [2.75, 3.05) is 17.8 Å². The minimum atomic E-state index is -2.95. The van der Waals surface area contributed by atoms with Gasteiger partial charge in [0.05, 0.1) is 18.6 Å². The normalized spacial score (nSPS) is 15.5. The molecule has 0 unspecified atom stereocenters. The van der Waals surface area contributed by atoms with Gasteiger partial charge in [0.1, 0.15) is 21.4 Å². The van der Waals surface area contributed by atoms with Gasteiger partial charge in [0.25, 0.3) is 0 Å². The van der Waals surface area contributed by atoms with Gasteiger partial charge in [-0.2, -0.15) is 0 Å². The van der Waals surface area contributed by atoms with Crippen molar-refractivity contribution in [1.82, 2.24) is 14.8 Å². The molecule has 0 N–H and O–H groups in total. The van der Waals surface area contributed by atoms with Crippen molar-refractivity contribution in [3.8, 4) is 0 Å². The minimum Gasteiger partial charge on any atom is -0.467 e. The molecule has 3 rings (SSSR count). The summed E-state index contributed by atoms with van der Waals surface area (Å²) in [6, 6.07) is 3.77. The van der Waals surface area contributed by atoms with Crippen LogP contribution in [0.2, 0.25) is 0 Å². The Balaban J connectivity index is 1.76. The zero-order chi connectivity index (χ0) is 14.9. The summed E-state index contributed by atoms with van der Waals surface area (Å²) in [5, 5.41) is 9.25. The van der Waals surface area contributed by atoms with Crippen LogP contribution in [0.1, 0.15) is 30.3 Å². The van der Waals surface area contributed by atoms with Gasteiger partial charge in [0, 0.05) is 17.9 Å². The lowest BCUT2D eigenvalue weighted by atomic mass is 10.3. The topological polar surface area (TPSA) is 78.0 Å². The maximum absolute atomic E-state index is 11.2. The Bertz CT molecular complexity index is 703. The van der Waals surface area contributed by atoms with Crippen LogP contribution in [0, 0.1) is 0 Å². The van der Waals surface area contributed by atoms with E-state index in [2.05, 4.69) is 10.2 Å². The molecule has 0 aromatic carbocycles. The molecule has 8 heteroatoms. The Hall–Kier alpha value is -1.28. The SMILES string of the molecule is CS(=O)(=O)CCSc1nnc(C2CC2)n1Cc1ccco1. The van der Waals surface area contributed by atoms with E-state index in [1.807, 2.05) is 16.7 Å². The van der Waals surface area contributed by atoms with Gasteiger partial charge >= 0.3 is 0 Å². The quantitative estimate of drug-likeness (QED) is 0.723. The second-order valence-electron chi connectivity index (χ2n) is 5.26. The summed E-state index contributed by atoms with van der Waals surface area (Å²) in [6.07, 6.45) is 5.18. The van der Waals surface area contributed by atoms with E-state index < -0.39 is 9.84 Å². The van der Waals surface area contributed by atoms with Crippen LogP contribution in [0.15, 0.2) is 28.0 Å². The second kappa shape index (κ2) is 5.84. The Kier molecular flexibility index (Phi) is 4.08. The summed E-state index contributed by atoms with van der Waals surface area (Å²) in [7, 11) is -2.95. The molecule has 0 bridgehead atoms. The Morgan fingerprint density at radius 3 is 2.86 bits per heavy atom. The van der Waals surface area contributed by atoms with Crippen molar-refractivity contribution >= 4 is 21.6 Å². The first kappa shape index (κ1) is 14.6. The van der Waals surface area contributed by atoms with Crippen molar-refractivity contribution < 1.29 is 12.8 Å². The molecular weight excluding hydrogens is 310 g/mol. The highest BCUT2D eigenvalue weighted by atomic mass is 32.2. The van der Waals surface area contributed by atoms with E-state index in [0.717, 1.165) is 29.6 Å². The van der Waals surface area contributed by atoms with Crippen molar-refractivity contribution in [2.45, 2.75) is 30.5 Å². The number of sulfone groups is 1. The summed E-state index contributed by atoms with van der Waals surface area (Å²) in [5.74, 6) is 2.94. The van der Waals surface area contributed by atoms with E-state index in [4.69, 9.17) is 4.42 Å². The van der Waals surface area contributed by atoms with Crippen LogP contribution in [0.25, 0.3) is 0 Å². The number of hydrogen-bond acceptors (Lipinski definition) is 6. The van der Waals surface area contributed by atoms with Crippen LogP contribution in [-0.4, -0.2) is 40.9 Å². The van der Waals surface area contributed by atoms with Gasteiger partial charge in [-0.25, -0.2) is 8.42 Å². The van der Waals surface area contributed by atoms with Crippen molar-refractivity contribution in [3.63, 3.8) is 0 Å². The summed E-state index contributed by atoms with van der Waals surface area (Å²) >= 11 is 1.43. The van der Waals surface area contributed by atoms with Crippen LogP contribution < -0.4 is 0 Å². The van der Waals surface area contributed by atoms with Crippen molar-refractivity contribution in [1.29, 1.82) is 0 Å². The molecule has 1 aliphatic carbocycles. The van der Waals surface area contributed by atoms with Crippen LogP contribution in [0.3, 0.4) is 0 Å². The lowest BCUT2D eigenvalue weighted by Crippen LogP contribution is -2.08. The average Bonchev–Trinajstić information content (AvgIpc) is 2.97. The first-order valence-electron chi connectivity index (χ1n) is 6.79. The zero-order valence-corrected chi connectivity index (χ0v) is 13.4. The van der Waals surface area contributed by atoms with Gasteiger partial charge < -0.3 is 4.42 Å². The predicted octanol–water partition coefficient (Wildman–Crippen LogP) is 1.93. The summed E-state index contributed by atoms with van der Waals surface area (Å²) < 4.78 is 29.9. The third-order valence-corrected chi connectivity index (χ3v) is 5.44. The highest BCUT2D eigenvalue weighted by Crippen LogP contribution is 2.40. The molecule has 2 aromatic rings. The largest absolute Gasteiger partial charge is 0.467 e. The molecule has 1 aliphatic rings. The van der Waals surface area contributed by atoms with Crippen LogP contribution in [0.5, 0.6) is 0 Å². The monoisotopic (exact) mass is 327 g/mol. The molecule has 2 aromatic heterocycles. The van der Waals surface area contributed by atoms with Gasteiger partial charge in [0.15, 0.2) is 5.16 Å². The average molecular weight is 327 g/mol. The molecule has 0 atom stereocenters. The first-order chi connectivity index (χ1) is 10.0. The third kappa shape index (κ3) is 3.88. The molecule has 0 aliphatic heterocycles. The van der Waals surface area contributed by atoms with Crippen LogP contribution >= 0.6 is 11.8 Å². The minimum absolute atomic E-state index is 0.143.